The molecule has 100 valence electrons. The molecule has 0 amide bonds. The Morgan fingerprint density at radius 1 is 1.16 bits per heavy atom. The Kier molecular flexibility index (Phi) is 5.08. The molecule has 0 spiro atoms. The van der Waals surface area contributed by atoms with Gasteiger partial charge in [-0.15, -0.1) is 11.6 Å². The van der Waals surface area contributed by atoms with Crippen molar-refractivity contribution >= 4 is 39.1 Å². The van der Waals surface area contributed by atoms with E-state index in [4.69, 9.17) is 27.9 Å². The fourth-order valence-electron chi connectivity index (χ4n) is 1.58. The summed E-state index contributed by atoms with van der Waals surface area (Å²) in [6.45, 7) is 0.311. The minimum Gasteiger partial charge on any atom is -0.489 e. The highest BCUT2D eigenvalue weighted by molar-refractivity contribution is 9.10. The summed E-state index contributed by atoms with van der Waals surface area (Å²) in [5.41, 5.74) is 1.69. The SMILES string of the molecule is Fc1ccc(COc2ccc(Br)cc2CCl)cc1Cl. The Bertz CT molecular complexity index is 590. The molecule has 0 aliphatic rings. The summed E-state index contributed by atoms with van der Waals surface area (Å²) in [5, 5.41) is 0.0921. The second-order valence-electron chi connectivity index (χ2n) is 3.92. The van der Waals surface area contributed by atoms with Crippen LogP contribution in [-0.2, 0) is 12.5 Å². The predicted molar refractivity (Wildman–Crippen MR) is 79.4 cm³/mol. The van der Waals surface area contributed by atoms with Crippen molar-refractivity contribution in [3.05, 3.63) is 62.8 Å². The Morgan fingerprint density at radius 3 is 2.63 bits per heavy atom. The molecule has 2 aromatic carbocycles. The Morgan fingerprint density at radius 2 is 1.95 bits per heavy atom. The van der Waals surface area contributed by atoms with Crippen molar-refractivity contribution in [3.63, 3.8) is 0 Å². The van der Waals surface area contributed by atoms with Crippen molar-refractivity contribution in [2.75, 3.05) is 0 Å². The molecule has 2 aromatic rings. The summed E-state index contributed by atoms with van der Waals surface area (Å²) in [5.74, 6) is 0.632. The molecule has 0 saturated carbocycles. The van der Waals surface area contributed by atoms with Gasteiger partial charge in [0.15, 0.2) is 0 Å². The fraction of sp³-hybridized carbons (Fsp3) is 0.143. The lowest BCUT2D eigenvalue weighted by atomic mass is 10.2. The van der Waals surface area contributed by atoms with Crippen molar-refractivity contribution < 1.29 is 9.13 Å². The Hall–Kier alpha value is -0.770. The maximum atomic E-state index is 13.0. The van der Waals surface area contributed by atoms with Gasteiger partial charge in [0.25, 0.3) is 0 Å². The number of benzene rings is 2. The van der Waals surface area contributed by atoms with E-state index in [0.29, 0.717) is 18.2 Å². The third kappa shape index (κ3) is 3.85. The molecule has 0 unspecified atom stereocenters. The zero-order valence-corrected chi connectivity index (χ0v) is 12.9. The van der Waals surface area contributed by atoms with Crippen LogP contribution in [0, 0.1) is 5.82 Å². The maximum Gasteiger partial charge on any atom is 0.141 e. The quantitative estimate of drug-likeness (QED) is 0.646. The van der Waals surface area contributed by atoms with Crippen molar-refractivity contribution in [2.45, 2.75) is 12.5 Å². The second kappa shape index (κ2) is 6.60. The van der Waals surface area contributed by atoms with E-state index in [-0.39, 0.29) is 5.02 Å². The topological polar surface area (TPSA) is 9.23 Å². The highest BCUT2D eigenvalue weighted by atomic mass is 79.9. The first-order valence-corrected chi connectivity index (χ1v) is 7.22. The van der Waals surface area contributed by atoms with Crippen molar-refractivity contribution in [1.29, 1.82) is 0 Å². The molecular formula is C14H10BrCl2FO. The average Bonchev–Trinajstić information content (AvgIpc) is 2.41. The van der Waals surface area contributed by atoms with Gasteiger partial charge in [-0.3, -0.25) is 0 Å². The van der Waals surface area contributed by atoms with Crippen LogP contribution in [0.3, 0.4) is 0 Å². The van der Waals surface area contributed by atoms with Gasteiger partial charge in [-0.2, -0.15) is 0 Å². The first kappa shape index (κ1) is 14.6. The molecule has 5 heteroatoms. The van der Waals surface area contributed by atoms with E-state index < -0.39 is 5.82 Å². The minimum absolute atomic E-state index is 0.0921. The van der Waals surface area contributed by atoms with Gasteiger partial charge < -0.3 is 4.74 Å². The first-order chi connectivity index (χ1) is 9.10. The van der Waals surface area contributed by atoms with Gasteiger partial charge in [0.1, 0.15) is 18.2 Å². The van der Waals surface area contributed by atoms with E-state index >= 15 is 0 Å². The van der Waals surface area contributed by atoms with E-state index in [0.717, 1.165) is 15.6 Å². The van der Waals surface area contributed by atoms with Crippen LogP contribution in [0.1, 0.15) is 11.1 Å². The summed E-state index contributed by atoms with van der Waals surface area (Å²) >= 11 is 15.0. The molecule has 1 nitrogen and oxygen atoms in total. The number of rotatable bonds is 4. The zero-order chi connectivity index (χ0) is 13.8. The van der Waals surface area contributed by atoms with E-state index in [1.807, 2.05) is 18.2 Å². The molecule has 19 heavy (non-hydrogen) atoms. The zero-order valence-electron chi connectivity index (χ0n) is 9.80. The van der Waals surface area contributed by atoms with Gasteiger partial charge in [0, 0.05) is 10.0 Å². The van der Waals surface area contributed by atoms with Crippen LogP contribution >= 0.6 is 39.1 Å². The van der Waals surface area contributed by atoms with Gasteiger partial charge in [-0.25, -0.2) is 4.39 Å². The first-order valence-electron chi connectivity index (χ1n) is 5.51. The molecule has 0 aliphatic heterocycles. The van der Waals surface area contributed by atoms with Gasteiger partial charge in [-0.05, 0) is 35.9 Å². The Balaban J connectivity index is 2.12. The highest BCUT2D eigenvalue weighted by Crippen LogP contribution is 2.26. The number of ether oxygens (including phenoxy) is 1. The monoisotopic (exact) mass is 362 g/mol. The smallest absolute Gasteiger partial charge is 0.141 e. The van der Waals surface area contributed by atoms with Crippen LogP contribution in [0.2, 0.25) is 5.02 Å². The number of hydrogen-bond acceptors (Lipinski definition) is 1. The van der Waals surface area contributed by atoms with E-state index in [2.05, 4.69) is 15.9 Å². The molecular weight excluding hydrogens is 354 g/mol. The molecule has 2 rings (SSSR count). The van der Waals surface area contributed by atoms with Gasteiger partial charge >= 0.3 is 0 Å². The Labute approximate surface area is 129 Å². The molecule has 0 saturated heterocycles. The van der Waals surface area contributed by atoms with Crippen LogP contribution in [-0.4, -0.2) is 0 Å². The van der Waals surface area contributed by atoms with Crippen LogP contribution in [0.4, 0.5) is 4.39 Å². The molecule has 0 aliphatic carbocycles. The van der Waals surface area contributed by atoms with Crippen LogP contribution in [0.25, 0.3) is 0 Å². The highest BCUT2D eigenvalue weighted by Gasteiger charge is 2.05. The number of alkyl halides is 1. The van der Waals surface area contributed by atoms with E-state index in [1.54, 1.807) is 12.1 Å². The molecule has 0 heterocycles. The molecule has 0 aromatic heterocycles. The summed E-state index contributed by atoms with van der Waals surface area (Å²) < 4.78 is 19.7. The van der Waals surface area contributed by atoms with Gasteiger partial charge in [-0.1, -0.05) is 33.6 Å². The summed E-state index contributed by atoms with van der Waals surface area (Å²) in [7, 11) is 0. The maximum absolute atomic E-state index is 13.0. The lowest BCUT2D eigenvalue weighted by molar-refractivity contribution is 0.303. The van der Waals surface area contributed by atoms with Crippen LogP contribution < -0.4 is 4.74 Å². The predicted octanol–water partition coefficient (Wildman–Crippen LogP) is 5.56. The fourth-order valence-corrected chi connectivity index (χ4v) is 2.40. The van der Waals surface area contributed by atoms with Gasteiger partial charge in [0.2, 0.25) is 0 Å². The van der Waals surface area contributed by atoms with Crippen LogP contribution in [0.15, 0.2) is 40.9 Å². The van der Waals surface area contributed by atoms with Crippen molar-refractivity contribution in [2.24, 2.45) is 0 Å². The van der Waals surface area contributed by atoms with E-state index in [9.17, 15) is 4.39 Å². The average molecular weight is 364 g/mol. The molecule has 0 bridgehead atoms. The largest absolute Gasteiger partial charge is 0.489 e. The molecule has 0 N–H and O–H groups in total. The van der Waals surface area contributed by atoms with Crippen molar-refractivity contribution in [1.82, 2.24) is 0 Å². The second-order valence-corrected chi connectivity index (χ2v) is 5.51. The summed E-state index contributed by atoms with van der Waals surface area (Å²) in [4.78, 5) is 0. The summed E-state index contributed by atoms with van der Waals surface area (Å²) in [6.07, 6.45) is 0. The normalized spacial score (nSPS) is 10.5. The number of halogens is 4. The molecule has 0 radical (unpaired) electrons. The lowest BCUT2D eigenvalue weighted by Gasteiger charge is -2.10. The third-order valence-electron chi connectivity index (χ3n) is 2.54. The van der Waals surface area contributed by atoms with Gasteiger partial charge in [0.05, 0.1) is 10.9 Å². The van der Waals surface area contributed by atoms with Crippen molar-refractivity contribution in [3.8, 4) is 5.75 Å². The van der Waals surface area contributed by atoms with Crippen LogP contribution in [0.5, 0.6) is 5.75 Å². The lowest BCUT2D eigenvalue weighted by Crippen LogP contribution is -1.98. The minimum atomic E-state index is -0.435. The van der Waals surface area contributed by atoms with E-state index in [1.165, 1.54) is 6.07 Å². The summed E-state index contributed by atoms with van der Waals surface area (Å²) in [6, 6.07) is 10.1. The third-order valence-corrected chi connectivity index (χ3v) is 3.62. The molecule has 0 atom stereocenters. The number of hydrogen-bond donors (Lipinski definition) is 0. The standard InChI is InChI=1S/C14H10BrCl2FO/c15-11-2-4-14(10(6-11)7-16)19-8-9-1-3-13(18)12(17)5-9/h1-6H,7-8H2. The molecule has 0 fully saturated rings.